The Morgan fingerprint density at radius 3 is 2.68 bits per heavy atom. The highest BCUT2D eigenvalue weighted by Crippen LogP contribution is 2.36. The smallest absolute Gasteiger partial charge is 0.290 e. The number of nitrogens with one attached hydrogen (secondary N) is 2. The summed E-state index contributed by atoms with van der Waals surface area (Å²) >= 11 is 0.981. The molecule has 3 aromatic rings. The molecule has 0 unspecified atom stereocenters. The first-order chi connectivity index (χ1) is 12.1. The number of hydrogen-bond acceptors (Lipinski definition) is 3. The fraction of sp³-hybridized carbons (Fsp3) is 0.100. The van der Waals surface area contributed by atoms with Crippen LogP contribution in [0, 0.1) is 6.92 Å². The number of allylic oxidation sites excluding steroid dienone is 1. The quantitative estimate of drug-likeness (QED) is 0.689. The average molecular weight is 348 g/mol. The Labute approximate surface area is 149 Å². The highest BCUT2D eigenvalue weighted by atomic mass is 32.2. The number of aromatic nitrogens is 1. The molecule has 0 atom stereocenters. The van der Waals surface area contributed by atoms with Crippen molar-refractivity contribution < 1.29 is 9.59 Å². The third kappa shape index (κ3) is 2.98. The zero-order valence-corrected chi connectivity index (χ0v) is 14.4. The van der Waals surface area contributed by atoms with Gasteiger partial charge in [-0.1, -0.05) is 42.0 Å². The molecule has 5 heteroatoms. The third-order valence-corrected chi connectivity index (χ3v) is 5.20. The maximum absolute atomic E-state index is 12.3. The Bertz CT molecular complexity index is 1030. The fourth-order valence-electron chi connectivity index (χ4n) is 3.19. The lowest BCUT2D eigenvalue weighted by Gasteiger charge is -2.12. The normalized spacial score (nSPS) is 16.4. The number of aryl methyl sites for hydroxylation is 1. The molecule has 1 aliphatic rings. The molecule has 4 rings (SSSR count). The number of carbonyl (C=O) groups is 2. The summed E-state index contributed by atoms with van der Waals surface area (Å²) in [7, 11) is 0. The van der Waals surface area contributed by atoms with Crippen LogP contribution in [0.1, 0.15) is 16.7 Å². The lowest BCUT2D eigenvalue weighted by atomic mass is 9.94. The van der Waals surface area contributed by atoms with Gasteiger partial charge < -0.3 is 4.98 Å². The standard InChI is InChI=1S/C20H16N2O2S/c1-12-4-2-5-13(10-12)11-16(18-19(23)22-20(24)25-18)14-6-3-7-17-15(14)8-9-21-17/h2-10,21H,11H2,1H3,(H,22,23,24). The molecular weight excluding hydrogens is 332 g/mol. The van der Waals surface area contributed by atoms with E-state index in [1.807, 2.05) is 55.6 Å². The topological polar surface area (TPSA) is 62.0 Å². The first-order valence-corrected chi connectivity index (χ1v) is 8.82. The molecule has 4 nitrogen and oxygen atoms in total. The van der Waals surface area contributed by atoms with E-state index in [1.165, 1.54) is 5.56 Å². The van der Waals surface area contributed by atoms with Crippen LogP contribution in [0.2, 0.25) is 0 Å². The van der Waals surface area contributed by atoms with Crippen LogP contribution in [0.4, 0.5) is 4.79 Å². The SMILES string of the molecule is Cc1cccc(CC(=C2SC(=O)NC2=O)c2cccc3[nH]ccc23)c1. The highest BCUT2D eigenvalue weighted by Gasteiger charge is 2.29. The maximum atomic E-state index is 12.3. The maximum Gasteiger partial charge on any atom is 0.290 e. The predicted octanol–water partition coefficient (Wildman–Crippen LogP) is 4.41. The third-order valence-electron chi connectivity index (χ3n) is 4.27. The lowest BCUT2D eigenvalue weighted by molar-refractivity contribution is -0.115. The van der Waals surface area contributed by atoms with E-state index < -0.39 is 0 Å². The van der Waals surface area contributed by atoms with Gasteiger partial charge in [0, 0.05) is 17.1 Å². The number of amides is 2. The molecule has 25 heavy (non-hydrogen) atoms. The van der Waals surface area contributed by atoms with Crippen LogP contribution in [0.3, 0.4) is 0 Å². The van der Waals surface area contributed by atoms with E-state index in [-0.39, 0.29) is 11.1 Å². The number of hydrogen-bond donors (Lipinski definition) is 2. The van der Waals surface area contributed by atoms with Crippen molar-refractivity contribution in [3.63, 3.8) is 0 Å². The Balaban J connectivity index is 1.90. The Kier molecular flexibility index (Phi) is 3.93. The molecule has 0 saturated carbocycles. The summed E-state index contributed by atoms with van der Waals surface area (Å²) < 4.78 is 0. The van der Waals surface area contributed by atoms with E-state index in [0.29, 0.717) is 11.3 Å². The van der Waals surface area contributed by atoms with Crippen LogP contribution >= 0.6 is 11.8 Å². The summed E-state index contributed by atoms with van der Waals surface area (Å²) in [4.78, 5) is 27.7. The second kappa shape index (κ2) is 6.26. The molecule has 0 aliphatic carbocycles. The molecule has 1 saturated heterocycles. The summed E-state index contributed by atoms with van der Waals surface area (Å²) in [5, 5.41) is 3.11. The van der Waals surface area contributed by atoms with Crippen LogP contribution in [-0.2, 0) is 11.2 Å². The predicted molar refractivity (Wildman–Crippen MR) is 101 cm³/mol. The zero-order valence-electron chi connectivity index (χ0n) is 13.6. The van der Waals surface area contributed by atoms with Gasteiger partial charge in [-0.3, -0.25) is 14.9 Å². The molecule has 2 heterocycles. The molecule has 2 aromatic carbocycles. The van der Waals surface area contributed by atoms with Crippen LogP contribution in [0.25, 0.3) is 16.5 Å². The van der Waals surface area contributed by atoms with Crippen molar-refractivity contribution >= 4 is 39.4 Å². The molecule has 1 fully saturated rings. The molecule has 2 amide bonds. The van der Waals surface area contributed by atoms with Crippen molar-refractivity contribution in [1.29, 1.82) is 0 Å². The summed E-state index contributed by atoms with van der Waals surface area (Å²) in [6.45, 7) is 2.05. The highest BCUT2D eigenvalue weighted by molar-refractivity contribution is 8.18. The molecule has 2 N–H and O–H groups in total. The number of fused-ring (bicyclic) bond motifs is 1. The van der Waals surface area contributed by atoms with Gasteiger partial charge in [0.15, 0.2) is 0 Å². The number of benzene rings is 2. The van der Waals surface area contributed by atoms with E-state index >= 15 is 0 Å². The van der Waals surface area contributed by atoms with Gasteiger partial charge in [0.25, 0.3) is 11.1 Å². The van der Waals surface area contributed by atoms with Gasteiger partial charge in [0.2, 0.25) is 0 Å². The Morgan fingerprint density at radius 1 is 1.08 bits per heavy atom. The monoisotopic (exact) mass is 348 g/mol. The van der Waals surface area contributed by atoms with Crippen molar-refractivity contribution in [3.05, 3.63) is 76.3 Å². The molecule has 0 radical (unpaired) electrons. The number of aromatic amines is 1. The van der Waals surface area contributed by atoms with Crippen LogP contribution in [0.5, 0.6) is 0 Å². The fourth-order valence-corrected chi connectivity index (χ4v) is 3.96. The van der Waals surface area contributed by atoms with Crippen molar-refractivity contribution in [3.8, 4) is 0 Å². The van der Waals surface area contributed by atoms with Crippen LogP contribution < -0.4 is 5.32 Å². The van der Waals surface area contributed by atoms with Crippen molar-refractivity contribution in [2.75, 3.05) is 0 Å². The average Bonchev–Trinajstić information content (AvgIpc) is 3.18. The van der Waals surface area contributed by atoms with Gasteiger partial charge in [0.1, 0.15) is 0 Å². The number of imide groups is 1. The molecular formula is C20H16N2O2S. The molecule has 0 spiro atoms. The first-order valence-electron chi connectivity index (χ1n) is 8.00. The van der Waals surface area contributed by atoms with Gasteiger partial charge in [-0.15, -0.1) is 0 Å². The van der Waals surface area contributed by atoms with Gasteiger partial charge in [0.05, 0.1) is 4.91 Å². The second-order valence-corrected chi connectivity index (χ2v) is 7.04. The summed E-state index contributed by atoms with van der Waals surface area (Å²) in [5.41, 5.74) is 5.15. The molecule has 1 aliphatic heterocycles. The zero-order chi connectivity index (χ0) is 17.4. The summed E-state index contributed by atoms with van der Waals surface area (Å²) in [5.74, 6) is -0.315. The van der Waals surface area contributed by atoms with Gasteiger partial charge in [-0.2, -0.15) is 0 Å². The first kappa shape index (κ1) is 15.7. The van der Waals surface area contributed by atoms with E-state index in [1.54, 1.807) is 0 Å². The second-order valence-electron chi connectivity index (χ2n) is 6.06. The van der Waals surface area contributed by atoms with E-state index in [4.69, 9.17) is 0 Å². The molecule has 0 bridgehead atoms. The summed E-state index contributed by atoms with van der Waals surface area (Å²) in [6.07, 6.45) is 2.48. The number of thioether (sulfide) groups is 1. The largest absolute Gasteiger partial charge is 0.361 e. The van der Waals surface area contributed by atoms with Gasteiger partial charge in [-0.25, -0.2) is 0 Å². The minimum atomic E-state index is -0.317. The van der Waals surface area contributed by atoms with E-state index in [0.717, 1.165) is 39.4 Å². The van der Waals surface area contributed by atoms with Gasteiger partial charge >= 0.3 is 0 Å². The molecule has 124 valence electrons. The lowest BCUT2D eigenvalue weighted by Crippen LogP contribution is -2.18. The van der Waals surface area contributed by atoms with E-state index in [2.05, 4.69) is 16.4 Å². The van der Waals surface area contributed by atoms with Gasteiger partial charge in [-0.05, 0) is 53.9 Å². The van der Waals surface area contributed by atoms with Crippen molar-refractivity contribution in [1.82, 2.24) is 10.3 Å². The van der Waals surface area contributed by atoms with E-state index in [9.17, 15) is 9.59 Å². The minimum absolute atomic E-state index is 0.315. The van der Waals surface area contributed by atoms with Crippen LogP contribution in [0.15, 0.2) is 59.6 Å². The van der Waals surface area contributed by atoms with Crippen molar-refractivity contribution in [2.45, 2.75) is 13.3 Å². The van der Waals surface area contributed by atoms with Crippen LogP contribution in [-0.4, -0.2) is 16.1 Å². The minimum Gasteiger partial charge on any atom is -0.361 e. The van der Waals surface area contributed by atoms with Crippen molar-refractivity contribution in [2.24, 2.45) is 0 Å². The Hall–Kier alpha value is -2.79. The number of carbonyl (C=O) groups excluding carboxylic acids is 2. The summed E-state index contributed by atoms with van der Waals surface area (Å²) in [6, 6.07) is 16.2. The molecule has 1 aromatic heterocycles. The number of rotatable bonds is 3. The number of H-pyrrole nitrogens is 1. The Morgan fingerprint density at radius 2 is 1.92 bits per heavy atom.